The van der Waals surface area contributed by atoms with Crippen molar-refractivity contribution < 1.29 is 43.2 Å². The Morgan fingerprint density at radius 1 is 1.00 bits per heavy atom. The van der Waals surface area contributed by atoms with Crippen LogP contribution in [0.15, 0.2) is 18.2 Å². The Hall–Kier alpha value is -3.14. The summed E-state index contributed by atoms with van der Waals surface area (Å²) in [5.74, 6) is -2.56. The van der Waals surface area contributed by atoms with Crippen molar-refractivity contribution in [2.24, 2.45) is 0 Å². The fourth-order valence-corrected chi connectivity index (χ4v) is 2.59. The van der Waals surface area contributed by atoms with Gasteiger partial charge in [-0.25, -0.2) is 9.59 Å². The molecule has 0 radical (unpaired) electrons. The maximum atomic E-state index is 12.2. The van der Waals surface area contributed by atoms with Gasteiger partial charge in [-0.1, -0.05) is 26.8 Å². The van der Waals surface area contributed by atoms with Crippen LogP contribution in [-0.4, -0.2) is 47.5 Å². The van der Waals surface area contributed by atoms with E-state index in [1.165, 1.54) is 18.2 Å². The Balaban J connectivity index is 3.40. The summed E-state index contributed by atoms with van der Waals surface area (Å²) >= 11 is 0. The first-order valence-corrected chi connectivity index (χ1v) is 10.5. The average molecular weight is 453 g/mol. The Labute approximate surface area is 187 Å². The molecule has 0 aromatic heterocycles. The van der Waals surface area contributed by atoms with E-state index in [-0.39, 0.29) is 43.4 Å². The standard InChI is InChI=1S/C22H31NO9/c1-6-14(5)23-22(20(26)27,32-21(28)29-9-4)13-15-10-11-16(30-18(24)7-2)17(12-15)31-19(25)8-3/h10-12,14,23H,6-9,13H2,1-5H3,(H,26,27)/t14?,22-/m0/s1. The lowest BCUT2D eigenvalue weighted by molar-refractivity contribution is -0.167. The molecule has 2 atom stereocenters. The lowest BCUT2D eigenvalue weighted by Gasteiger charge is -2.32. The van der Waals surface area contributed by atoms with Gasteiger partial charge in [0, 0.05) is 25.3 Å². The molecule has 0 aliphatic heterocycles. The SMILES string of the molecule is CCOC(=O)O[C@](Cc1ccc(OC(=O)CC)c(OC(=O)CC)c1)(NC(C)CC)C(=O)O. The molecule has 0 bridgehead atoms. The highest BCUT2D eigenvalue weighted by Crippen LogP contribution is 2.31. The van der Waals surface area contributed by atoms with Gasteiger partial charge in [0.05, 0.1) is 6.61 Å². The van der Waals surface area contributed by atoms with E-state index in [0.717, 1.165) is 0 Å². The molecule has 178 valence electrons. The summed E-state index contributed by atoms with van der Waals surface area (Å²) in [6.45, 7) is 8.37. The molecular formula is C22H31NO9. The highest BCUT2D eigenvalue weighted by Gasteiger charge is 2.44. The molecular weight excluding hydrogens is 422 g/mol. The van der Waals surface area contributed by atoms with Crippen LogP contribution < -0.4 is 14.8 Å². The molecule has 0 saturated heterocycles. The van der Waals surface area contributed by atoms with Crippen molar-refractivity contribution in [1.82, 2.24) is 5.32 Å². The fourth-order valence-electron chi connectivity index (χ4n) is 2.59. The average Bonchev–Trinajstić information content (AvgIpc) is 2.74. The van der Waals surface area contributed by atoms with E-state index in [2.05, 4.69) is 5.32 Å². The van der Waals surface area contributed by atoms with E-state index >= 15 is 0 Å². The van der Waals surface area contributed by atoms with Gasteiger partial charge >= 0.3 is 24.1 Å². The van der Waals surface area contributed by atoms with Crippen LogP contribution in [0.3, 0.4) is 0 Å². The van der Waals surface area contributed by atoms with Gasteiger partial charge in [-0.05, 0) is 38.0 Å². The van der Waals surface area contributed by atoms with Crippen LogP contribution in [0.2, 0.25) is 0 Å². The number of esters is 2. The van der Waals surface area contributed by atoms with Crippen molar-refractivity contribution in [2.75, 3.05) is 6.61 Å². The Morgan fingerprint density at radius 2 is 1.59 bits per heavy atom. The number of hydrogen-bond donors (Lipinski definition) is 2. The zero-order valence-corrected chi connectivity index (χ0v) is 19.1. The highest BCUT2D eigenvalue weighted by molar-refractivity contribution is 5.81. The number of carboxylic acids is 1. The van der Waals surface area contributed by atoms with Crippen LogP contribution in [-0.2, 0) is 30.3 Å². The van der Waals surface area contributed by atoms with Crippen molar-refractivity contribution in [1.29, 1.82) is 0 Å². The van der Waals surface area contributed by atoms with E-state index in [1.54, 1.807) is 27.7 Å². The van der Waals surface area contributed by atoms with Gasteiger partial charge in [0.15, 0.2) is 11.5 Å². The summed E-state index contributed by atoms with van der Waals surface area (Å²) < 4.78 is 20.4. The molecule has 0 aliphatic rings. The first-order chi connectivity index (χ1) is 15.1. The topological polar surface area (TPSA) is 137 Å². The maximum absolute atomic E-state index is 12.2. The molecule has 0 saturated carbocycles. The molecule has 0 heterocycles. The van der Waals surface area contributed by atoms with E-state index in [9.17, 15) is 24.3 Å². The molecule has 0 aliphatic carbocycles. The number of rotatable bonds is 12. The summed E-state index contributed by atoms with van der Waals surface area (Å²) in [6, 6.07) is 3.94. The number of hydrogen-bond acceptors (Lipinski definition) is 9. The summed E-state index contributed by atoms with van der Waals surface area (Å²) in [5.41, 5.74) is -1.79. The summed E-state index contributed by atoms with van der Waals surface area (Å²) in [5, 5.41) is 12.8. The fraction of sp³-hybridized carbons (Fsp3) is 0.545. The summed E-state index contributed by atoms with van der Waals surface area (Å²) in [7, 11) is 0. The van der Waals surface area contributed by atoms with Crippen LogP contribution in [0.1, 0.15) is 59.4 Å². The van der Waals surface area contributed by atoms with Gasteiger partial charge in [0.2, 0.25) is 0 Å². The molecule has 1 rings (SSSR count). The van der Waals surface area contributed by atoms with Crippen LogP contribution in [0.5, 0.6) is 11.5 Å². The first kappa shape index (κ1) is 26.9. The maximum Gasteiger partial charge on any atom is 0.510 e. The second-order valence-electron chi connectivity index (χ2n) is 6.98. The molecule has 0 spiro atoms. The largest absolute Gasteiger partial charge is 0.510 e. The number of benzene rings is 1. The molecule has 10 heteroatoms. The number of carbonyl (C=O) groups is 4. The van der Waals surface area contributed by atoms with E-state index < -0.39 is 29.8 Å². The number of carbonyl (C=O) groups excluding carboxylic acids is 3. The lowest BCUT2D eigenvalue weighted by Crippen LogP contribution is -2.59. The van der Waals surface area contributed by atoms with Gasteiger partial charge < -0.3 is 24.1 Å². The molecule has 10 nitrogen and oxygen atoms in total. The number of aliphatic carboxylic acids is 1. The normalized spacial score (nSPS) is 13.4. The highest BCUT2D eigenvalue weighted by atomic mass is 16.7. The Bertz CT molecular complexity index is 824. The van der Waals surface area contributed by atoms with Gasteiger partial charge in [-0.3, -0.25) is 14.9 Å². The van der Waals surface area contributed by atoms with Gasteiger partial charge in [-0.2, -0.15) is 0 Å². The molecule has 0 amide bonds. The van der Waals surface area contributed by atoms with Gasteiger partial charge in [0.1, 0.15) is 0 Å². The number of nitrogens with one attached hydrogen (secondary N) is 1. The minimum Gasteiger partial charge on any atom is -0.477 e. The smallest absolute Gasteiger partial charge is 0.477 e. The predicted molar refractivity (Wildman–Crippen MR) is 113 cm³/mol. The van der Waals surface area contributed by atoms with Crippen molar-refractivity contribution in [3.05, 3.63) is 23.8 Å². The van der Waals surface area contributed by atoms with Crippen LogP contribution in [0.4, 0.5) is 4.79 Å². The van der Waals surface area contributed by atoms with Crippen LogP contribution >= 0.6 is 0 Å². The minimum absolute atomic E-state index is 0.00642. The third kappa shape index (κ3) is 7.84. The van der Waals surface area contributed by atoms with Crippen LogP contribution in [0.25, 0.3) is 0 Å². The van der Waals surface area contributed by atoms with E-state index in [0.29, 0.717) is 12.0 Å². The number of ether oxygens (including phenoxy) is 4. The monoisotopic (exact) mass is 453 g/mol. The van der Waals surface area contributed by atoms with Crippen molar-refractivity contribution >= 4 is 24.1 Å². The first-order valence-electron chi connectivity index (χ1n) is 10.5. The van der Waals surface area contributed by atoms with Gasteiger partial charge in [-0.15, -0.1) is 0 Å². The van der Waals surface area contributed by atoms with Gasteiger partial charge in [0.25, 0.3) is 5.72 Å². The summed E-state index contributed by atoms with van der Waals surface area (Å²) in [6.07, 6.45) is -0.711. The van der Waals surface area contributed by atoms with Crippen LogP contribution in [0, 0.1) is 0 Å². The molecule has 2 N–H and O–H groups in total. The molecule has 1 unspecified atom stereocenters. The van der Waals surface area contributed by atoms with E-state index in [4.69, 9.17) is 18.9 Å². The Morgan fingerprint density at radius 3 is 2.09 bits per heavy atom. The van der Waals surface area contributed by atoms with Crippen molar-refractivity contribution in [2.45, 2.75) is 72.1 Å². The molecule has 32 heavy (non-hydrogen) atoms. The second-order valence-corrected chi connectivity index (χ2v) is 6.98. The minimum atomic E-state index is -2.14. The lowest BCUT2D eigenvalue weighted by atomic mass is 10.00. The second kappa shape index (κ2) is 12.7. The zero-order chi connectivity index (χ0) is 24.3. The third-order valence-corrected chi connectivity index (χ3v) is 4.44. The zero-order valence-electron chi connectivity index (χ0n) is 19.1. The van der Waals surface area contributed by atoms with Crippen molar-refractivity contribution in [3.8, 4) is 11.5 Å². The Kier molecular flexibility index (Phi) is 10.6. The van der Waals surface area contributed by atoms with E-state index in [1.807, 2.05) is 6.92 Å². The predicted octanol–water partition coefficient (Wildman–Crippen LogP) is 3.20. The summed E-state index contributed by atoms with van der Waals surface area (Å²) in [4.78, 5) is 47.8. The third-order valence-electron chi connectivity index (χ3n) is 4.44. The van der Waals surface area contributed by atoms with Crippen molar-refractivity contribution in [3.63, 3.8) is 0 Å². The number of carboxylic acid groups (broad SMARTS) is 1. The molecule has 1 aromatic rings. The molecule has 0 fully saturated rings. The quantitative estimate of drug-likeness (QED) is 0.276. The molecule has 1 aromatic carbocycles.